The van der Waals surface area contributed by atoms with E-state index in [9.17, 15) is 0 Å². The van der Waals surface area contributed by atoms with E-state index >= 15 is 0 Å². The second kappa shape index (κ2) is 17.1. The van der Waals surface area contributed by atoms with Gasteiger partial charge in [-0.05, 0) is 187 Å². The van der Waals surface area contributed by atoms with E-state index in [0.29, 0.717) is 11.8 Å². The van der Waals surface area contributed by atoms with Crippen molar-refractivity contribution in [1.82, 2.24) is 5.32 Å². The van der Waals surface area contributed by atoms with Gasteiger partial charge in [-0.15, -0.1) is 0 Å². The fourth-order valence-electron chi connectivity index (χ4n) is 11.8. The lowest BCUT2D eigenvalue weighted by molar-refractivity contribution is 0.535. The number of hydrogen-bond donors (Lipinski definition) is 1. The van der Waals surface area contributed by atoms with Gasteiger partial charge in [0.2, 0.25) is 0 Å². The van der Waals surface area contributed by atoms with Crippen LogP contribution in [0.1, 0.15) is 95.6 Å². The monoisotopic (exact) mass is 810 g/mol. The van der Waals surface area contributed by atoms with Crippen LogP contribution in [0.25, 0.3) is 28.5 Å². The third-order valence-electron chi connectivity index (χ3n) is 15.0. The zero-order chi connectivity index (χ0) is 42.3. The van der Waals surface area contributed by atoms with Crippen LogP contribution in [0.3, 0.4) is 0 Å². The highest BCUT2D eigenvalue weighted by Gasteiger charge is 2.40. The standard InChI is InChI=1S/C60H62N2/c1-6-43(35-34-41(4)60-61-55-30-18-19-31-56(55)62(60)46-20-8-7-9-21-46)58-53-28-16-14-26-51(53)57(52-27-15-17-29-54(52)58)40(3)33-36-44-38-45(37-32-39(44)2)59-49-24-12-10-22-47(49)42(5)48-23-11-13-25-50(48)59/h6-10,12,14,16,19-29,31-32,37,44,53,58,60-61H,3-4,11,13,15,17-18,30,33-36,38H2,1-2,5H3/b43-6+. The Labute approximate surface area is 370 Å². The third kappa shape index (κ3) is 7.16. The molecule has 2 nitrogen and oxygen atoms in total. The summed E-state index contributed by atoms with van der Waals surface area (Å²) >= 11 is 0. The zero-order valence-electron chi connectivity index (χ0n) is 37.2. The van der Waals surface area contributed by atoms with Crippen molar-refractivity contribution in [2.75, 3.05) is 4.90 Å². The van der Waals surface area contributed by atoms with E-state index in [-0.39, 0.29) is 12.1 Å². The van der Waals surface area contributed by atoms with Crippen LogP contribution >= 0.6 is 0 Å². The molecule has 1 N–H and O–H groups in total. The Morgan fingerprint density at radius 2 is 1.58 bits per heavy atom. The van der Waals surface area contributed by atoms with Crippen molar-refractivity contribution in [1.29, 1.82) is 0 Å². The molecule has 1 heterocycles. The van der Waals surface area contributed by atoms with Crippen LogP contribution in [-0.2, 0) is 0 Å². The van der Waals surface area contributed by atoms with Gasteiger partial charge in [0.1, 0.15) is 6.17 Å². The molecule has 6 aliphatic carbocycles. The maximum atomic E-state index is 4.94. The number of rotatable bonds is 11. The van der Waals surface area contributed by atoms with Crippen LogP contribution in [0.15, 0.2) is 191 Å². The van der Waals surface area contributed by atoms with Crippen LogP contribution in [0.5, 0.6) is 0 Å². The minimum absolute atomic E-state index is 0.0505. The summed E-state index contributed by atoms with van der Waals surface area (Å²) in [7, 11) is 0. The van der Waals surface area contributed by atoms with Crippen LogP contribution in [0.4, 0.5) is 5.69 Å². The average Bonchev–Trinajstić information content (AvgIpc) is 3.71. The topological polar surface area (TPSA) is 15.3 Å². The molecule has 4 unspecified atom stereocenters. The summed E-state index contributed by atoms with van der Waals surface area (Å²) in [5, 5.41) is 9.59. The molecule has 0 radical (unpaired) electrons. The number of aryl methyl sites for hydroxylation is 1. The molecule has 10 rings (SSSR count). The highest BCUT2D eigenvalue weighted by Crippen LogP contribution is 2.52. The number of fused-ring (bicyclic) bond motifs is 4. The van der Waals surface area contributed by atoms with Crippen molar-refractivity contribution in [2.45, 2.75) is 97.6 Å². The number of para-hydroxylation sites is 1. The van der Waals surface area contributed by atoms with E-state index in [1.54, 1.807) is 0 Å². The second-order valence-corrected chi connectivity index (χ2v) is 18.5. The molecule has 3 aromatic carbocycles. The third-order valence-corrected chi connectivity index (χ3v) is 15.0. The molecule has 0 fully saturated rings. The molecule has 0 spiro atoms. The molecule has 0 bridgehead atoms. The summed E-state index contributed by atoms with van der Waals surface area (Å²) in [5.74, 6) is 1.08. The number of nitrogens with one attached hydrogen (secondary N) is 1. The molecule has 0 saturated carbocycles. The van der Waals surface area contributed by atoms with Gasteiger partial charge in [-0.2, -0.15) is 0 Å². The largest absolute Gasteiger partial charge is 0.363 e. The smallest absolute Gasteiger partial charge is 0.126 e. The lowest BCUT2D eigenvalue weighted by Crippen LogP contribution is -2.39. The summed E-state index contributed by atoms with van der Waals surface area (Å²) < 4.78 is 0. The van der Waals surface area contributed by atoms with Crippen molar-refractivity contribution >= 4 is 34.2 Å². The predicted octanol–water partition coefficient (Wildman–Crippen LogP) is 13.8. The van der Waals surface area contributed by atoms with Crippen LogP contribution in [-0.4, -0.2) is 6.17 Å². The highest BCUT2D eigenvalue weighted by molar-refractivity contribution is 5.97. The fourth-order valence-corrected chi connectivity index (χ4v) is 11.8. The van der Waals surface area contributed by atoms with E-state index in [4.69, 9.17) is 13.2 Å². The van der Waals surface area contributed by atoms with E-state index < -0.39 is 0 Å². The van der Waals surface area contributed by atoms with Crippen molar-refractivity contribution in [3.63, 3.8) is 0 Å². The Bertz CT molecular complexity index is 2820. The summed E-state index contributed by atoms with van der Waals surface area (Å²) in [4.78, 5) is 2.47. The van der Waals surface area contributed by atoms with Crippen molar-refractivity contribution < 1.29 is 0 Å². The minimum Gasteiger partial charge on any atom is -0.363 e. The van der Waals surface area contributed by atoms with Crippen molar-refractivity contribution in [3.8, 4) is 0 Å². The summed E-state index contributed by atoms with van der Waals surface area (Å²) in [6.45, 7) is 16.6. The Kier molecular flexibility index (Phi) is 11.1. The van der Waals surface area contributed by atoms with Crippen molar-refractivity contribution in [3.05, 3.63) is 212 Å². The quantitative estimate of drug-likeness (QED) is 0.194. The maximum absolute atomic E-state index is 4.94. The predicted molar refractivity (Wildman–Crippen MR) is 265 cm³/mol. The van der Waals surface area contributed by atoms with Crippen LogP contribution < -0.4 is 20.7 Å². The first-order valence-corrected chi connectivity index (χ1v) is 23.5. The van der Waals surface area contributed by atoms with Crippen LogP contribution in [0, 0.1) is 24.7 Å². The van der Waals surface area contributed by atoms with E-state index in [1.165, 1.54) is 99.6 Å². The first-order valence-electron chi connectivity index (χ1n) is 23.5. The second-order valence-electron chi connectivity index (χ2n) is 18.5. The van der Waals surface area contributed by atoms with Gasteiger partial charge in [0.25, 0.3) is 0 Å². The number of hydrogen-bond acceptors (Lipinski definition) is 2. The van der Waals surface area contributed by atoms with Gasteiger partial charge in [0, 0.05) is 23.2 Å². The average molecular weight is 811 g/mol. The molecule has 0 aromatic heterocycles. The SMILES string of the molecule is C=C(CCC1CC(c2c3c(c(C)c4ccccc24)=CCCC=3)=CC=C1C)C1=C2C=CC=CC2C(/C(=C/C)CCC(=C)C2NC3=C(C=CCC3)N2c2ccccc2)C2=CCCC=C21. The van der Waals surface area contributed by atoms with E-state index in [0.717, 1.165) is 70.6 Å². The van der Waals surface area contributed by atoms with E-state index in [1.807, 2.05) is 0 Å². The Hall–Kier alpha value is -5.86. The molecule has 0 saturated heterocycles. The Morgan fingerprint density at radius 3 is 2.42 bits per heavy atom. The highest BCUT2D eigenvalue weighted by atomic mass is 15.3. The number of allylic oxidation sites excluding steroid dienone is 20. The van der Waals surface area contributed by atoms with Gasteiger partial charge in [0.15, 0.2) is 0 Å². The van der Waals surface area contributed by atoms with Gasteiger partial charge in [-0.25, -0.2) is 0 Å². The number of anilines is 1. The normalized spacial score (nSPS) is 23.9. The Balaban J connectivity index is 0.891. The van der Waals surface area contributed by atoms with Gasteiger partial charge in [-0.3, -0.25) is 0 Å². The first-order chi connectivity index (χ1) is 30.4. The fraction of sp³-hybridized carbons (Fsp3) is 0.300. The molecule has 2 heteroatoms. The van der Waals surface area contributed by atoms with Crippen LogP contribution in [0.2, 0.25) is 0 Å². The van der Waals surface area contributed by atoms with Gasteiger partial charge in [-0.1, -0.05) is 140 Å². The number of benzene rings is 3. The van der Waals surface area contributed by atoms with Gasteiger partial charge in [0.05, 0.1) is 5.70 Å². The molecule has 1 aliphatic heterocycles. The summed E-state index contributed by atoms with van der Waals surface area (Å²) in [5.41, 5.74) is 19.6. The summed E-state index contributed by atoms with van der Waals surface area (Å²) in [6, 6.07) is 19.9. The first kappa shape index (κ1) is 40.2. The lowest BCUT2D eigenvalue weighted by Gasteiger charge is -2.41. The van der Waals surface area contributed by atoms with E-state index in [2.05, 4.69) is 165 Å². The molecule has 4 atom stereocenters. The van der Waals surface area contributed by atoms with Gasteiger partial charge >= 0.3 is 0 Å². The molecular formula is C60H62N2. The van der Waals surface area contributed by atoms with Crippen molar-refractivity contribution in [2.24, 2.45) is 17.8 Å². The summed E-state index contributed by atoms with van der Waals surface area (Å²) in [6.07, 6.45) is 43.1. The minimum atomic E-state index is 0.0505. The molecule has 0 amide bonds. The Morgan fingerprint density at radius 1 is 0.806 bits per heavy atom. The maximum Gasteiger partial charge on any atom is 0.126 e. The lowest BCUT2D eigenvalue weighted by atomic mass is 9.62. The molecule has 312 valence electrons. The number of nitrogens with zero attached hydrogens (tertiary/aromatic N) is 1. The molecular weight excluding hydrogens is 749 g/mol. The molecule has 62 heavy (non-hydrogen) atoms. The molecule has 3 aromatic rings. The zero-order valence-corrected chi connectivity index (χ0v) is 37.2. The molecule has 7 aliphatic rings. The van der Waals surface area contributed by atoms with Gasteiger partial charge < -0.3 is 10.2 Å².